The topological polar surface area (TPSA) is 86.2 Å². The van der Waals surface area contributed by atoms with Crippen LogP contribution in [0, 0.1) is 0 Å². The molecule has 8 heteroatoms. The average molecular weight is 398 g/mol. The minimum atomic E-state index is -0.450. The fourth-order valence-electron chi connectivity index (χ4n) is 2.27. The molecule has 0 spiro atoms. The van der Waals surface area contributed by atoms with Gasteiger partial charge in [-0.1, -0.05) is 12.1 Å². The Labute approximate surface area is 166 Å². The van der Waals surface area contributed by atoms with Crippen molar-refractivity contribution in [2.45, 2.75) is 0 Å². The van der Waals surface area contributed by atoms with Crippen molar-refractivity contribution in [1.29, 1.82) is 0 Å². The zero-order valence-electron chi connectivity index (χ0n) is 15.3. The Morgan fingerprint density at radius 3 is 2.39 bits per heavy atom. The quantitative estimate of drug-likeness (QED) is 0.594. The molecular formula is C20H18N2O5S. The van der Waals surface area contributed by atoms with Crippen LogP contribution in [0.1, 0.15) is 5.56 Å². The highest BCUT2D eigenvalue weighted by molar-refractivity contribution is 8.18. The van der Waals surface area contributed by atoms with Gasteiger partial charge >= 0.3 is 5.97 Å². The minimum absolute atomic E-state index is 0.152. The van der Waals surface area contributed by atoms with Gasteiger partial charge in [-0.3, -0.25) is 4.79 Å². The van der Waals surface area contributed by atoms with E-state index in [1.807, 2.05) is 12.1 Å². The normalized spacial score (nSPS) is 16.1. The molecule has 0 radical (unpaired) electrons. The standard InChI is InChI=1S/C20H18N2O5S/c1-25-15-9-5-14(6-10-15)21-20-22-19(24)17(28-20)11-13-3-7-16(8-4-13)27-12-18(23)26-2/h3-11H,12H2,1-2H3,(H,21,22,24)/b17-11-. The van der Waals surface area contributed by atoms with Crippen LogP contribution >= 0.6 is 11.8 Å². The number of esters is 1. The number of amidine groups is 1. The zero-order valence-corrected chi connectivity index (χ0v) is 16.1. The number of benzene rings is 2. The van der Waals surface area contributed by atoms with E-state index < -0.39 is 5.97 Å². The van der Waals surface area contributed by atoms with Crippen LogP contribution in [-0.4, -0.2) is 37.9 Å². The first-order valence-electron chi connectivity index (χ1n) is 8.30. The van der Waals surface area contributed by atoms with Crippen LogP contribution in [0.15, 0.2) is 58.4 Å². The molecule has 1 aliphatic rings. The van der Waals surface area contributed by atoms with Crippen molar-refractivity contribution in [3.8, 4) is 11.5 Å². The van der Waals surface area contributed by atoms with Crippen molar-refractivity contribution in [3.63, 3.8) is 0 Å². The molecule has 0 unspecified atom stereocenters. The molecule has 144 valence electrons. The molecule has 1 amide bonds. The third kappa shape index (κ3) is 5.14. The lowest BCUT2D eigenvalue weighted by molar-refractivity contribution is -0.142. The summed E-state index contributed by atoms with van der Waals surface area (Å²) in [4.78, 5) is 28.2. The van der Waals surface area contributed by atoms with E-state index in [-0.39, 0.29) is 12.5 Å². The highest BCUT2D eigenvalue weighted by Gasteiger charge is 2.23. The summed E-state index contributed by atoms with van der Waals surface area (Å²) in [5, 5.41) is 3.26. The summed E-state index contributed by atoms with van der Waals surface area (Å²) in [6.07, 6.45) is 1.76. The van der Waals surface area contributed by atoms with Crippen molar-refractivity contribution < 1.29 is 23.8 Å². The number of methoxy groups -OCH3 is 2. The fourth-order valence-corrected chi connectivity index (χ4v) is 3.11. The van der Waals surface area contributed by atoms with Crippen LogP contribution < -0.4 is 14.8 Å². The number of hydrogen-bond donors (Lipinski definition) is 1. The predicted molar refractivity (Wildman–Crippen MR) is 108 cm³/mol. The summed E-state index contributed by atoms with van der Waals surface area (Å²) >= 11 is 1.27. The lowest BCUT2D eigenvalue weighted by atomic mass is 10.2. The first-order valence-corrected chi connectivity index (χ1v) is 9.12. The first kappa shape index (κ1) is 19.5. The molecule has 1 heterocycles. The monoisotopic (exact) mass is 398 g/mol. The van der Waals surface area contributed by atoms with Gasteiger partial charge in [0.15, 0.2) is 11.8 Å². The van der Waals surface area contributed by atoms with Crippen LogP contribution in [0.4, 0.5) is 5.69 Å². The number of amides is 1. The van der Waals surface area contributed by atoms with Gasteiger partial charge in [0.05, 0.1) is 24.8 Å². The Balaban J connectivity index is 1.66. The molecule has 0 aromatic heterocycles. The van der Waals surface area contributed by atoms with E-state index in [1.54, 1.807) is 49.6 Å². The van der Waals surface area contributed by atoms with E-state index in [4.69, 9.17) is 9.47 Å². The van der Waals surface area contributed by atoms with Crippen molar-refractivity contribution in [3.05, 3.63) is 59.0 Å². The van der Waals surface area contributed by atoms with Gasteiger partial charge in [0.2, 0.25) is 0 Å². The molecule has 1 N–H and O–H groups in total. The van der Waals surface area contributed by atoms with Crippen molar-refractivity contribution >= 4 is 40.6 Å². The molecule has 0 aliphatic carbocycles. The Kier molecular flexibility index (Phi) is 6.33. The second-order valence-corrected chi connectivity index (χ2v) is 6.64. The molecule has 3 rings (SSSR count). The van der Waals surface area contributed by atoms with Crippen molar-refractivity contribution in [2.75, 3.05) is 20.8 Å². The Morgan fingerprint density at radius 2 is 1.75 bits per heavy atom. The largest absolute Gasteiger partial charge is 0.497 e. The molecule has 0 saturated carbocycles. The van der Waals surface area contributed by atoms with Crippen LogP contribution in [0.3, 0.4) is 0 Å². The number of carbonyl (C=O) groups excluding carboxylic acids is 2. The highest BCUT2D eigenvalue weighted by atomic mass is 32.2. The SMILES string of the molecule is COC(=O)COc1ccc(/C=C2\SC(=Nc3ccc(OC)cc3)NC2=O)cc1. The number of hydrogen-bond acceptors (Lipinski definition) is 7. The van der Waals surface area contributed by atoms with E-state index in [2.05, 4.69) is 15.0 Å². The van der Waals surface area contributed by atoms with E-state index in [0.29, 0.717) is 15.8 Å². The number of ether oxygens (including phenoxy) is 3. The Morgan fingerprint density at radius 1 is 1.07 bits per heavy atom. The molecule has 1 saturated heterocycles. The summed E-state index contributed by atoms with van der Waals surface area (Å²) in [5.41, 5.74) is 1.55. The summed E-state index contributed by atoms with van der Waals surface area (Å²) in [6, 6.07) is 14.3. The summed E-state index contributed by atoms with van der Waals surface area (Å²) in [5.74, 6) is 0.627. The Hall–Kier alpha value is -3.26. The minimum Gasteiger partial charge on any atom is -0.497 e. The van der Waals surface area contributed by atoms with Gasteiger partial charge in [-0.05, 0) is 59.8 Å². The third-order valence-electron chi connectivity index (χ3n) is 3.72. The molecule has 2 aromatic carbocycles. The van der Waals surface area contributed by atoms with E-state index in [9.17, 15) is 9.59 Å². The van der Waals surface area contributed by atoms with Crippen LogP contribution in [0.2, 0.25) is 0 Å². The summed E-state index contributed by atoms with van der Waals surface area (Å²) < 4.78 is 14.9. The van der Waals surface area contributed by atoms with Gasteiger partial charge in [-0.25, -0.2) is 9.79 Å². The molecule has 1 fully saturated rings. The van der Waals surface area contributed by atoms with Gasteiger partial charge in [-0.2, -0.15) is 0 Å². The average Bonchev–Trinajstić information content (AvgIpc) is 3.06. The molecule has 7 nitrogen and oxygen atoms in total. The summed E-state index contributed by atoms with van der Waals surface area (Å²) in [7, 11) is 2.90. The van der Waals surface area contributed by atoms with Crippen molar-refractivity contribution in [2.24, 2.45) is 4.99 Å². The maximum Gasteiger partial charge on any atom is 0.343 e. The van der Waals surface area contributed by atoms with Gasteiger partial charge in [0.1, 0.15) is 11.5 Å². The molecular weight excluding hydrogens is 380 g/mol. The summed E-state index contributed by atoms with van der Waals surface area (Å²) in [6.45, 7) is -0.152. The number of nitrogens with one attached hydrogen (secondary N) is 1. The fraction of sp³-hybridized carbons (Fsp3) is 0.150. The molecule has 1 aliphatic heterocycles. The molecule has 0 atom stereocenters. The van der Waals surface area contributed by atoms with Gasteiger partial charge < -0.3 is 19.5 Å². The van der Waals surface area contributed by atoms with Crippen LogP contribution in [-0.2, 0) is 14.3 Å². The number of aliphatic imine (C=N–C) groups is 1. The zero-order chi connectivity index (χ0) is 19.9. The maximum atomic E-state index is 12.2. The van der Waals surface area contributed by atoms with Crippen LogP contribution in [0.5, 0.6) is 11.5 Å². The van der Waals surface area contributed by atoms with Crippen LogP contribution in [0.25, 0.3) is 6.08 Å². The van der Waals surface area contributed by atoms with Gasteiger partial charge in [0.25, 0.3) is 5.91 Å². The maximum absolute atomic E-state index is 12.2. The van der Waals surface area contributed by atoms with Gasteiger partial charge in [-0.15, -0.1) is 0 Å². The predicted octanol–water partition coefficient (Wildman–Crippen LogP) is 3.14. The lowest BCUT2D eigenvalue weighted by Crippen LogP contribution is -2.19. The van der Waals surface area contributed by atoms with E-state index >= 15 is 0 Å². The first-order chi connectivity index (χ1) is 13.6. The molecule has 2 aromatic rings. The number of thioether (sulfide) groups is 1. The third-order valence-corrected chi connectivity index (χ3v) is 4.63. The molecule has 28 heavy (non-hydrogen) atoms. The lowest BCUT2D eigenvalue weighted by Gasteiger charge is -2.04. The number of rotatable bonds is 6. The highest BCUT2D eigenvalue weighted by Crippen LogP contribution is 2.29. The van der Waals surface area contributed by atoms with Crippen molar-refractivity contribution in [1.82, 2.24) is 5.32 Å². The Bertz CT molecular complexity index is 921. The van der Waals surface area contributed by atoms with E-state index in [0.717, 1.165) is 17.0 Å². The number of nitrogens with zero attached hydrogens (tertiary/aromatic N) is 1. The van der Waals surface area contributed by atoms with Gasteiger partial charge in [0, 0.05) is 0 Å². The van der Waals surface area contributed by atoms with E-state index in [1.165, 1.54) is 18.9 Å². The smallest absolute Gasteiger partial charge is 0.343 e. The number of carbonyl (C=O) groups is 2. The second-order valence-electron chi connectivity index (χ2n) is 5.61. The second kappa shape index (κ2) is 9.09. The molecule has 0 bridgehead atoms.